The van der Waals surface area contributed by atoms with Gasteiger partial charge in [0.25, 0.3) is 0 Å². The monoisotopic (exact) mass is 360 g/mol. The number of sulfone groups is 1. The number of benzene rings is 1. The van der Waals surface area contributed by atoms with Gasteiger partial charge in [-0.2, -0.15) is 0 Å². The van der Waals surface area contributed by atoms with Crippen molar-refractivity contribution in [2.45, 2.75) is 32.2 Å². The zero-order chi connectivity index (χ0) is 18.0. The molecule has 1 N–H and O–H groups in total. The number of aromatic nitrogens is 2. The van der Waals surface area contributed by atoms with E-state index in [1.165, 1.54) is 11.9 Å². The van der Waals surface area contributed by atoms with E-state index in [0.29, 0.717) is 18.2 Å². The van der Waals surface area contributed by atoms with Crippen molar-refractivity contribution in [2.75, 3.05) is 28.8 Å². The molecule has 1 fully saturated rings. The van der Waals surface area contributed by atoms with Crippen LogP contribution in [-0.4, -0.2) is 43.0 Å². The predicted octanol–water partition coefficient (Wildman–Crippen LogP) is 2.97. The molecule has 1 aromatic carbocycles. The summed E-state index contributed by atoms with van der Waals surface area (Å²) < 4.78 is 23.4. The fraction of sp³-hybridized carbons (Fsp3) is 0.444. The van der Waals surface area contributed by atoms with Crippen LogP contribution < -0.4 is 10.2 Å². The molecule has 2 heterocycles. The first-order valence-electron chi connectivity index (χ1n) is 8.46. The van der Waals surface area contributed by atoms with Crippen LogP contribution in [0.25, 0.3) is 0 Å². The molecule has 7 heteroatoms. The highest BCUT2D eigenvalue weighted by atomic mass is 32.2. The van der Waals surface area contributed by atoms with Crippen LogP contribution in [0.4, 0.5) is 17.3 Å². The minimum Gasteiger partial charge on any atom is -0.355 e. The molecule has 1 saturated heterocycles. The summed E-state index contributed by atoms with van der Waals surface area (Å²) in [7, 11) is -1.04. The van der Waals surface area contributed by atoms with E-state index in [1.807, 2.05) is 30.1 Å². The Morgan fingerprint density at radius 3 is 2.52 bits per heavy atom. The molecular formula is C18H24N4O2S. The molecule has 1 unspecified atom stereocenters. The summed E-state index contributed by atoms with van der Waals surface area (Å²) in [6.45, 7) is 4.33. The van der Waals surface area contributed by atoms with Crippen molar-refractivity contribution in [1.29, 1.82) is 0 Å². The minimum absolute atomic E-state index is 0.0296. The van der Waals surface area contributed by atoms with E-state index in [9.17, 15) is 8.42 Å². The normalized spacial score (nSPS) is 19.1. The molecule has 0 saturated carbocycles. The summed E-state index contributed by atoms with van der Waals surface area (Å²) in [6, 6.07) is 10.1. The molecule has 1 aliphatic rings. The molecule has 6 nitrogen and oxygen atoms in total. The lowest BCUT2D eigenvalue weighted by Crippen LogP contribution is -2.33. The first-order valence-corrected chi connectivity index (χ1v) is 10.3. The molecule has 25 heavy (non-hydrogen) atoms. The average Bonchev–Trinajstić information content (AvgIpc) is 2.95. The lowest BCUT2D eigenvalue weighted by Gasteiger charge is -2.24. The molecule has 0 aliphatic carbocycles. The van der Waals surface area contributed by atoms with Crippen LogP contribution >= 0.6 is 0 Å². The van der Waals surface area contributed by atoms with Gasteiger partial charge in [-0.3, -0.25) is 0 Å². The van der Waals surface area contributed by atoms with E-state index in [4.69, 9.17) is 0 Å². The van der Waals surface area contributed by atoms with E-state index in [2.05, 4.69) is 41.3 Å². The van der Waals surface area contributed by atoms with Gasteiger partial charge in [0.1, 0.15) is 18.0 Å². The van der Waals surface area contributed by atoms with Crippen LogP contribution in [0.3, 0.4) is 0 Å². The number of anilines is 3. The third-order valence-corrected chi connectivity index (χ3v) is 6.37. The Kier molecular flexibility index (Phi) is 4.94. The largest absolute Gasteiger partial charge is 0.355 e. The zero-order valence-electron chi connectivity index (χ0n) is 14.8. The van der Waals surface area contributed by atoms with Crippen LogP contribution in [0, 0.1) is 0 Å². The molecule has 2 aromatic rings. The second-order valence-electron chi connectivity index (χ2n) is 6.83. The maximum absolute atomic E-state index is 11.7. The molecule has 0 spiro atoms. The average molecular weight is 360 g/mol. The smallest absolute Gasteiger partial charge is 0.152 e. The molecule has 0 bridgehead atoms. The summed E-state index contributed by atoms with van der Waals surface area (Å²) in [6.07, 6.45) is 2.14. The first kappa shape index (κ1) is 17.7. The van der Waals surface area contributed by atoms with E-state index in [0.717, 1.165) is 11.5 Å². The van der Waals surface area contributed by atoms with Crippen LogP contribution in [0.5, 0.6) is 0 Å². The van der Waals surface area contributed by atoms with Crippen LogP contribution in [0.1, 0.15) is 31.7 Å². The highest BCUT2D eigenvalue weighted by Crippen LogP contribution is 2.24. The van der Waals surface area contributed by atoms with Gasteiger partial charge in [-0.1, -0.05) is 26.0 Å². The van der Waals surface area contributed by atoms with Gasteiger partial charge in [0, 0.05) is 24.8 Å². The Morgan fingerprint density at radius 1 is 1.20 bits per heavy atom. The Balaban J connectivity index is 1.73. The van der Waals surface area contributed by atoms with Crippen LogP contribution in [-0.2, 0) is 9.84 Å². The van der Waals surface area contributed by atoms with E-state index >= 15 is 0 Å². The van der Waals surface area contributed by atoms with Gasteiger partial charge in [0.2, 0.25) is 0 Å². The molecule has 134 valence electrons. The van der Waals surface area contributed by atoms with Gasteiger partial charge in [-0.05, 0) is 30.0 Å². The quantitative estimate of drug-likeness (QED) is 0.883. The molecule has 1 aliphatic heterocycles. The van der Waals surface area contributed by atoms with E-state index < -0.39 is 9.84 Å². The first-order chi connectivity index (χ1) is 11.8. The van der Waals surface area contributed by atoms with Crippen molar-refractivity contribution in [3.8, 4) is 0 Å². The lowest BCUT2D eigenvalue weighted by molar-refractivity contribution is 0.600. The number of nitrogens with zero attached hydrogens (tertiary/aromatic N) is 3. The van der Waals surface area contributed by atoms with Crippen molar-refractivity contribution >= 4 is 27.2 Å². The van der Waals surface area contributed by atoms with Gasteiger partial charge in [-0.15, -0.1) is 0 Å². The molecule has 0 radical (unpaired) electrons. The summed E-state index contributed by atoms with van der Waals surface area (Å²) in [5.41, 5.74) is 2.25. The number of rotatable bonds is 5. The van der Waals surface area contributed by atoms with Crippen molar-refractivity contribution < 1.29 is 8.42 Å². The van der Waals surface area contributed by atoms with E-state index in [-0.39, 0.29) is 17.5 Å². The molecule has 3 rings (SSSR count). The predicted molar refractivity (Wildman–Crippen MR) is 101 cm³/mol. The van der Waals surface area contributed by atoms with Crippen molar-refractivity contribution in [3.63, 3.8) is 0 Å². The number of hydrogen-bond acceptors (Lipinski definition) is 6. The Morgan fingerprint density at radius 2 is 1.92 bits per heavy atom. The van der Waals surface area contributed by atoms with Gasteiger partial charge in [0.05, 0.1) is 11.5 Å². The maximum Gasteiger partial charge on any atom is 0.152 e. The second kappa shape index (κ2) is 7.00. The van der Waals surface area contributed by atoms with Gasteiger partial charge in [-0.25, -0.2) is 18.4 Å². The summed E-state index contributed by atoms with van der Waals surface area (Å²) in [5, 5.41) is 3.28. The standard InChI is InChI=1S/C18H24N4O2S/c1-13(2)14-4-6-15(7-5-14)21-17-10-18(20-12-19-17)22(3)16-8-9-25(23,24)11-16/h4-7,10,12-13,16H,8-9,11H2,1-3H3,(H,19,20,21). The Labute approximate surface area is 149 Å². The third-order valence-electron chi connectivity index (χ3n) is 4.62. The molecule has 0 amide bonds. The summed E-state index contributed by atoms with van der Waals surface area (Å²) in [4.78, 5) is 10.5. The number of hydrogen-bond donors (Lipinski definition) is 1. The van der Waals surface area contributed by atoms with Gasteiger partial charge in [0.15, 0.2) is 9.84 Å². The minimum atomic E-state index is -2.92. The third kappa shape index (κ3) is 4.28. The van der Waals surface area contributed by atoms with Crippen molar-refractivity contribution in [2.24, 2.45) is 0 Å². The summed E-state index contributed by atoms with van der Waals surface area (Å²) in [5.74, 6) is 2.34. The Bertz CT molecular complexity index is 834. The fourth-order valence-electron chi connectivity index (χ4n) is 2.98. The highest BCUT2D eigenvalue weighted by Gasteiger charge is 2.31. The van der Waals surface area contributed by atoms with Crippen LogP contribution in [0.15, 0.2) is 36.7 Å². The molecule has 1 aromatic heterocycles. The molecule has 1 atom stereocenters. The van der Waals surface area contributed by atoms with Crippen molar-refractivity contribution in [1.82, 2.24) is 9.97 Å². The van der Waals surface area contributed by atoms with Gasteiger partial charge < -0.3 is 10.2 Å². The fourth-order valence-corrected chi connectivity index (χ4v) is 4.75. The van der Waals surface area contributed by atoms with E-state index in [1.54, 1.807) is 0 Å². The summed E-state index contributed by atoms with van der Waals surface area (Å²) >= 11 is 0. The topological polar surface area (TPSA) is 75.2 Å². The van der Waals surface area contributed by atoms with Crippen LogP contribution in [0.2, 0.25) is 0 Å². The second-order valence-corrected chi connectivity index (χ2v) is 9.06. The zero-order valence-corrected chi connectivity index (χ0v) is 15.6. The van der Waals surface area contributed by atoms with Crippen molar-refractivity contribution in [3.05, 3.63) is 42.2 Å². The Hall–Kier alpha value is -2.15. The lowest BCUT2D eigenvalue weighted by atomic mass is 10.0. The molecular weight excluding hydrogens is 336 g/mol. The maximum atomic E-state index is 11.7. The highest BCUT2D eigenvalue weighted by molar-refractivity contribution is 7.91. The van der Waals surface area contributed by atoms with Gasteiger partial charge >= 0.3 is 0 Å². The number of nitrogens with one attached hydrogen (secondary N) is 1. The SMILES string of the molecule is CC(C)c1ccc(Nc2cc(N(C)C3CCS(=O)(=O)C3)ncn2)cc1.